The van der Waals surface area contributed by atoms with Crippen LogP contribution in [0, 0.1) is 5.92 Å². The molecule has 32 heavy (non-hydrogen) atoms. The third kappa shape index (κ3) is 10.2. The highest BCUT2D eigenvalue weighted by Gasteiger charge is 2.45. The summed E-state index contributed by atoms with van der Waals surface area (Å²) in [6.45, 7) is 12.1. The molecule has 0 N–H and O–H groups in total. The van der Waals surface area contributed by atoms with E-state index >= 15 is 0 Å². The Kier molecular flexibility index (Phi) is 12.1. The van der Waals surface area contributed by atoms with Gasteiger partial charge in [-0.3, -0.25) is 29.1 Å². The van der Waals surface area contributed by atoms with E-state index in [1.807, 2.05) is 32.7 Å². The van der Waals surface area contributed by atoms with Crippen LogP contribution in [0.1, 0.15) is 34.1 Å². The molecular weight excluding hydrogens is 416 g/mol. The van der Waals surface area contributed by atoms with Crippen LogP contribution in [-0.2, 0) is 28.6 Å². The van der Waals surface area contributed by atoms with Gasteiger partial charge in [0.25, 0.3) is 0 Å². The minimum atomic E-state index is -2.10. The molecule has 0 aromatic rings. The van der Waals surface area contributed by atoms with E-state index in [4.69, 9.17) is 14.2 Å². The van der Waals surface area contributed by atoms with Crippen molar-refractivity contribution in [2.45, 2.75) is 40.1 Å². The van der Waals surface area contributed by atoms with Gasteiger partial charge in [0, 0.05) is 19.6 Å². The summed E-state index contributed by atoms with van der Waals surface area (Å²) in [5, 5.41) is 0. The van der Waals surface area contributed by atoms with E-state index in [1.165, 1.54) is 0 Å². The maximum atomic E-state index is 12.7. The number of cyclic esters (lactones) is 1. The largest absolute Gasteiger partial charge is 0.423 e. The SMILES string of the molecule is CCN(C)CC(=O)OC1(OC(=O)CN(C)CC)CC(C)CN(CC)CCN(C)CC(=O)O1. The molecule has 0 aromatic carbocycles. The van der Waals surface area contributed by atoms with Crippen molar-refractivity contribution in [1.82, 2.24) is 19.6 Å². The third-order valence-electron chi connectivity index (χ3n) is 5.50. The van der Waals surface area contributed by atoms with Crippen molar-refractivity contribution in [2.75, 3.05) is 80.0 Å². The Bertz CT molecular complexity index is 591. The van der Waals surface area contributed by atoms with E-state index < -0.39 is 23.9 Å². The Morgan fingerprint density at radius 3 is 2.06 bits per heavy atom. The van der Waals surface area contributed by atoms with E-state index in [9.17, 15) is 14.4 Å². The number of carbonyl (C=O) groups is 3. The molecule has 10 heteroatoms. The number of carbonyl (C=O) groups excluding carboxylic acids is 3. The van der Waals surface area contributed by atoms with Gasteiger partial charge in [0.15, 0.2) is 0 Å². The lowest BCUT2D eigenvalue weighted by Gasteiger charge is -2.34. The van der Waals surface area contributed by atoms with Crippen molar-refractivity contribution in [1.29, 1.82) is 0 Å². The standard InChI is InChI=1S/C22H42N4O6/c1-8-23(5)15-19(27)30-22(31-20(28)16-24(6)9-2)13-18(4)14-26(10-3)12-11-25(7)17-21(29)32-22/h18H,8-17H2,1-7H3. The highest BCUT2D eigenvalue weighted by atomic mass is 16.9. The summed E-state index contributed by atoms with van der Waals surface area (Å²) in [5.74, 6) is -4.03. The summed E-state index contributed by atoms with van der Waals surface area (Å²) in [6.07, 6.45) is 0.0577. The topological polar surface area (TPSA) is 91.9 Å². The zero-order valence-electron chi connectivity index (χ0n) is 20.9. The van der Waals surface area contributed by atoms with Gasteiger partial charge >= 0.3 is 23.9 Å². The molecule has 1 fully saturated rings. The van der Waals surface area contributed by atoms with Crippen LogP contribution in [0.25, 0.3) is 0 Å². The van der Waals surface area contributed by atoms with Crippen molar-refractivity contribution in [3.8, 4) is 0 Å². The first-order chi connectivity index (χ1) is 15.0. The minimum absolute atomic E-state index is 0.00743. The molecule has 0 spiro atoms. The molecule has 10 nitrogen and oxygen atoms in total. The minimum Gasteiger partial charge on any atom is -0.387 e. The van der Waals surface area contributed by atoms with E-state index in [-0.39, 0.29) is 32.0 Å². The van der Waals surface area contributed by atoms with E-state index in [0.29, 0.717) is 26.2 Å². The van der Waals surface area contributed by atoms with Gasteiger partial charge in [0.2, 0.25) is 0 Å². The first-order valence-electron chi connectivity index (χ1n) is 11.5. The summed E-state index contributed by atoms with van der Waals surface area (Å²) < 4.78 is 16.9. The molecule has 1 unspecified atom stereocenters. The molecule has 0 aliphatic carbocycles. The van der Waals surface area contributed by atoms with Gasteiger partial charge in [-0.15, -0.1) is 0 Å². The van der Waals surface area contributed by atoms with Crippen LogP contribution < -0.4 is 0 Å². The normalized spacial score (nSPS) is 21.2. The van der Waals surface area contributed by atoms with Crippen LogP contribution >= 0.6 is 0 Å². The van der Waals surface area contributed by atoms with Crippen molar-refractivity contribution in [3.05, 3.63) is 0 Å². The number of nitrogens with zero attached hydrogens (tertiary/aromatic N) is 4. The second kappa shape index (κ2) is 13.7. The zero-order chi connectivity index (χ0) is 24.3. The maximum absolute atomic E-state index is 12.7. The average molecular weight is 459 g/mol. The van der Waals surface area contributed by atoms with Crippen LogP contribution in [0.3, 0.4) is 0 Å². The molecular formula is C22H42N4O6. The van der Waals surface area contributed by atoms with Crippen LogP contribution in [0.4, 0.5) is 0 Å². The summed E-state index contributed by atoms with van der Waals surface area (Å²) in [5.41, 5.74) is 0. The molecule has 1 rings (SSSR count). The molecule has 1 heterocycles. The highest BCUT2D eigenvalue weighted by Crippen LogP contribution is 2.27. The lowest BCUT2D eigenvalue weighted by Crippen LogP contribution is -2.49. The van der Waals surface area contributed by atoms with Crippen LogP contribution in [0.15, 0.2) is 0 Å². The molecule has 1 atom stereocenters. The van der Waals surface area contributed by atoms with Gasteiger partial charge in [-0.2, -0.15) is 0 Å². The summed E-state index contributed by atoms with van der Waals surface area (Å²) in [6, 6.07) is 0. The first kappa shape index (κ1) is 28.3. The first-order valence-corrected chi connectivity index (χ1v) is 11.5. The molecule has 0 amide bonds. The number of rotatable bonds is 9. The molecule has 0 aromatic heterocycles. The second-order valence-electron chi connectivity index (χ2n) is 8.71. The molecule has 0 bridgehead atoms. The summed E-state index contributed by atoms with van der Waals surface area (Å²) in [4.78, 5) is 45.7. The van der Waals surface area contributed by atoms with Crippen LogP contribution in [-0.4, -0.2) is 124 Å². The fraction of sp³-hybridized carbons (Fsp3) is 0.864. The molecule has 0 radical (unpaired) electrons. The molecule has 186 valence electrons. The fourth-order valence-electron chi connectivity index (χ4n) is 3.39. The van der Waals surface area contributed by atoms with Gasteiger partial charge in [-0.05, 0) is 46.7 Å². The molecule has 1 aliphatic heterocycles. The van der Waals surface area contributed by atoms with Crippen molar-refractivity contribution >= 4 is 17.9 Å². The Hall–Kier alpha value is -1.75. The van der Waals surface area contributed by atoms with Gasteiger partial charge in [0.05, 0.1) is 26.1 Å². The summed E-state index contributed by atoms with van der Waals surface area (Å²) >= 11 is 0. The fourth-order valence-corrected chi connectivity index (χ4v) is 3.39. The predicted octanol–water partition coefficient (Wildman–Crippen LogP) is 0.467. The third-order valence-corrected chi connectivity index (χ3v) is 5.50. The van der Waals surface area contributed by atoms with Crippen LogP contribution in [0.2, 0.25) is 0 Å². The van der Waals surface area contributed by atoms with E-state index in [1.54, 1.807) is 23.9 Å². The zero-order valence-corrected chi connectivity index (χ0v) is 20.9. The lowest BCUT2D eigenvalue weighted by molar-refractivity contribution is -0.336. The Labute approximate surface area is 192 Å². The highest BCUT2D eigenvalue weighted by molar-refractivity contribution is 5.76. The number of ether oxygens (including phenoxy) is 3. The van der Waals surface area contributed by atoms with Gasteiger partial charge < -0.3 is 19.1 Å². The van der Waals surface area contributed by atoms with Gasteiger partial charge in [-0.1, -0.05) is 27.7 Å². The number of hydrogen-bond acceptors (Lipinski definition) is 10. The van der Waals surface area contributed by atoms with E-state index in [2.05, 4.69) is 11.8 Å². The Balaban J connectivity index is 3.25. The van der Waals surface area contributed by atoms with E-state index in [0.717, 1.165) is 13.1 Å². The van der Waals surface area contributed by atoms with Crippen LogP contribution in [0.5, 0.6) is 0 Å². The second-order valence-corrected chi connectivity index (χ2v) is 8.71. The molecule has 1 saturated heterocycles. The van der Waals surface area contributed by atoms with Gasteiger partial charge in [0.1, 0.15) is 0 Å². The lowest BCUT2D eigenvalue weighted by atomic mass is 10.1. The van der Waals surface area contributed by atoms with Crippen molar-refractivity contribution in [2.24, 2.45) is 5.92 Å². The average Bonchev–Trinajstić information content (AvgIpc) is 2.70. The number of esters is 3. The monoisotopic (exact) mass is 458 g/mol. The number of hydrogen-bond donors (Lipinski definition) is 0. The Morgan fingerprint density at radius 2 is 1.59 bits per heavy atom. The van der Waals surface area contributed by atoms with Gasteiger partial charge in [-0.25, -0.2) is 0 Å². The Morgan fingerprint density at radius 1 is 1.06 bits per heavy atom. The van der Waals surface area contributed by atoms with Crippen molar-refractivity contribution < 1.29 is 28.6 Å². The smallest absolute Gasteiger partial charge is 0.387 e. The molecule has 0 saturated carbocycles. The maximum Gasteiger partial charge on any atom is 0.423 e. The molecule has 1 aliphatic rings. The van der Waals surface area contributed by atoms with Crippen molar-refractivity contribution in [3.63, 3.8) is 0 Å². The number of likely N-dealkylation sites (N-methyl/N-ethyl adjacent to an activating group) is 4. The quantitative estimate of drug-likeness (QED) is 0.359. The predicted molar refractivity (Wildman–Crippen MR) is 121 cm³/mol. The summed E-state index contributed by atoms with van der Waals surface area (Å²) in [7, 11) is 5.37.